The molecule has 0 aliphatic carbocycles. The quantitative estimate of drug-likeness (QED) is 0.930. The van der Waals surface area contributed by atoms with Gasteiger partial charge in [0.15, 0.2) is 0 Å². The van der Waals surface area contributed by atoms with Crippen LogP contribution in [0.15, 0.2) is 42.5 Å². The summed E-state index contributed by atoms with van der Waals surface area (Å²) in [6.07, 6.45) is 0.177. The summed E-state index contributed by atoms with van der Waals surface area (Å²) in [4.78, 5) is 26.4. The molecule has 2 aromatic carbocycles. The maximum Gasteiger partial charge on any atom is 0.227 e. The zero-order chi connectivity index (χ0) is 18.0. The van der Waals surface area contributed by atoms with E-state index in [0.29, 0.717) is 12.1 Å². The number of hydrogen-bond acceptors (Lipinski definition) is 2. The summed E-state index contributed by atoms with van der Waals surface area (Å²) in [5.41, 5.74) is 3.42. The first kappa shape index (κ1) is 17.1. The van der Waals surface area contributed by atoms with E-state index >= 15 is 0 Å². The van der Waals surface area contributed by atoms with Gasteiger partial charge in [-0.05, 0) is 43.2 Å². The molecule has 1 saturated heterocycles. The molecule has 130 valence electrons. The third kappa shape index (κ3) is 3.87. The van der Waals surface area contributed by atoms with Crippen molar-refractivity contribution in [2.24, 2.45) is 5.92 Å². The Morgan fingerprint density at radius 2 is 1.88 bits per heavy atom. The fourth-order valence-corrected chi connectivity index (χ4v) is 3.21. The summed E-state index contributed by atoms with van der Waals surface area (Å²) < 4.78 is 13.6. The van der Waals surface area contributed by atoms with E-state index < -0.39 is 5.92 Å². The number of nitrogens with one attached hydrogen (secondary N) is 1. The molecule has 0 aromatic heterocycles. The number of benzene rings is 2. The van der Waals surface area contributed by atoms with Gasteiger partial charge in [0.25, 0.3) is 0 Å². The van der Waals surface area contributed by atoms with Gasteiger partial charge in [0.05, 0.1) is 5.92 Å². The Morgan fingerprint density at radius 3 is 2.56 bits per heavy atom. The van der Waals surface area contributed by atoms with Gasteiger partial charge >= 0.3 is 0 Å². The summed E-state index contributed by atoms with van der Waals surface area (Å²) in [7, 11) is 0. The molecule has 0 spiro atoms. The Kier molecular flexibility index (Phi) is 4.83. The van der Waals surface area contributed by atoms with Crippen molar-refractivity contribution in [3.8, 4) is 0 Å². The molecule has 0 saturated carbocycles. The molecule has 4 nitrogen and oxygen atoms in total. The van der Waals surface area contributed by atoms with Gasteiger partial charge in [0.1, 0.15) is 5.82 Å². The summed E-state index contributed by atoms with van der Waals surface area (Å²) in [5.74, 6) is -1.04. The molecule has 1 fully saturated rings. The molecule has 25 heavy (non-hydrogen) atoms. The topological polar surface area (TPSA) is 49.4 Å². The minimum Gasteiger partial charge on any atom is -0.352 e. The van der Waals surface area contributed by atoms with Crippen molar-refractivity contribution in [1.82, 2.24) is 5.32 Å². The van der Waals surface area contributed by atoms with Crippen LogP contribution in [-0.2, 0) is 16.1 Å². The van der Waals surface area contributed by atoms with Crippen molar-refractivity contribution < 1.29 is 14.0 Å². The second-order valence-electron chi connectivity index (χ2n) is 6.56. The van der Waals surface area contributed by atoms with Crippen LogP contribution in [0, 0.1) is 25.6 Å². The van der Waals surface area contributed by atoms with E-state index in [1.165, 1.54) is 6.07 Å². The third-order valence-electron chi connectivity index (χ3n) is 4.42. The monoisotopic (exact) mass is 340 g/mol. The number of carbonyl (C=O) groups excluding carboxylic acids is 2. The van der Waals surface area contributed by atoms with Crippen LogP contribution in [0.3, 0.4) is 0 Å². The Morgan fingerprint density at radius 1 is 1.20 bits per heavy atom. The third-order valence-corrected chi connectivity index (χ3v) is 4.42. The molecule has 0 radical (unpaired) electrons. The van der Waals surface area contributed by atoms with Crippen LogP contribution in [-0.4, -0.2) is 18.4 Å². The van der Waals surface area contributed by atoms with Crippen LogP contribution in [0.25, 0.3) is 0 Å². The van der Waals surface area contributed by atoms with Crippen molar-refractivity contribution in [3.05, 3.63) is 65.0 Å². The minimum atomic E-state index is -0.417. The second kappa shape index (κ2) is 7.05. The minimum absolute atomic E-state index is 0.0592. The number of amides is 2. The van der Waals surface area contributed by atoms with Crippen LogP contribution in [0.5, 0.6) is 0 Å². The zero-order valence-corrected chi connectivity index (χ0v) is 14.4. The van der Waals surface area contributed by atoms with Crippen molar-refractivity contribution in [2.75, 3.05) is 11.4 Å². The Bertz CT molecular complexity index is 799. The standard InChI is InChI=1S/C20H21FN2O2/c1-13-7-14(2)9-17(8-13)23-12-16(10-19(23)24)20(25)22-11-15-5-3-4-6-18(15)21/h3-9,16H,10-12H2,1-2H3,(H,22,25). The first-order chi connectivity index (χ1) is 11.9. The molecule has 1 atom stereocenters. The molecule has 2 amide bonds. The van der Waals surface area contributed by atoms with Gasteiger partial charge in [-0.1, -0.05) is 24.3 Å². The molecule has 1 aliphatic rings. The number of carbonyl (C=O) groups is 2. The normalized spacial score (nSPS) is 17.0. The van der Waals surface area contributed by atoms with Crippen LogP contribution in [0.4, 0.5) is 10.1 Å². The molecule has 3 rings (SSSR count). The highest BCUT2D eigenvalue weighted by atomic mass is 19.1. The molecular formula is C20H21FN2O2. The lowest BCUT2D eigenvalue weighted by molar-refractivity contribution is -0.126. The number of anilines is 1. The summed E-state index contributed by atoms with van der Waals surface area (Å²) in [6.45, 7) is 4.44. The van der Waals surface area contributed by atoms with Gasteiger partial charge in [0, 0.05) is 30.8 Å². The molecule has 2 aromatic rings. The number of halogens is 1. The molecule has 0 bridgehead atoms. The van der Waals surface area contributed by atoms with Gasteiger partial charge in [-0.2, -0.15) is 0 Å². The zero-order valence-electron chi connectivity index (χ0n) is 14.4. The van der Waals surface area contributed by atoms with Crippen LogP contribution in [0.1, 0.15) is 23.1 Å². The van der Waals surface area contributed by atoms with E-state index in [9.17, 15) is 14.0 Å². The molecule has 1 unspecified atom stereocenters. The number of rotatable bonds is 4. The highest BCUT2D eigenvalue weighted by molar-refractivity contribution is 6.00. The number of aryl methyl sites for hydroxylation is 2. The van der Waals surface area contributed by atoms with Gasteiger partial charge in [-0.25, -0.2) is 4.39 Å². The van der Waals surface area contributed by atoms with Gasteiger partial charge < -0.3 is 10.2 Å². The van der Waals surface area contributed by atoms with E-state index in [-0.39, 0.29) is 30.6 Å². The van der Waals surface area contributed by atoms with Gasteiger partial charge in [-0.3, -0.25) is 9.59 Å². The van der Waals surface area contributed by atoms with Crippen molar-refractivity contribution in [3.63, 3.8) is 0 Å². The fourth-order valence-electron chi connectivity index (χ4n) is 3.21. The predicted octanol–water partition coefficient (Wildman–Crippen LogP) is 3.11. The lowest BCUT2D eigenvalue weighted by Gasteiger charge is -2.18. The van der Waals surface area contributed by atoms with Gasteiger partial charge in [-0.15, -0.1) is 0 Å². The maximum atomic E-state index is 13.6. The fraction of sp³-hybridized carbons (Fsp3) is 0.300. The van der Waals surface area contributed by atoms with Crippen LogP contribution < -0.4 is 10.2 Å². The average Bonchev–Trinajstić information content (AvgIpc) is 2.95. The molecule has 5 heteroatoms. The smallest absolute Gasteiger partial charge is 0.227 e. The Hall–Kier alpha value is -2.69. The lowest BCUT2D eigenvalue weighted by atomic mass is 10.1. The summed E-state index contributed by atoms with van der Waals surface area (Å²) in [5, 5.41) is 2.74. The average molecular weight is 340 g/mol. The van der Waals surface area contributed by atoms with Gasteiger partial charge in [0.2, 0.25) is 11.8 Å². The van der Waals surface area contributed by atoms with E-state index in [2.05, 4.69) is 5.32 Å². The van der Waals surface area contributed by atoms with E-state index in [1.807, 2.05) is 32.0 Å². The SMILES string of the molecule is Cc1cc(C)cc(N2CC(C(=O)NCc3ccccc3F)CC2=O)c1. The Labute approximate surface area is 146 Å². The van der Waals surface area contributed by atoms with E-state index in [1.54, 1.807) is 23.1 Å². The summed E-state index contributed by atoms with van der Waals surface area (Å²) >= 11 is 0. The highest BCUT2D eigenvalue weighted by Gasteiger charge is 2.35. The molecular weight excluding hydrogens is 319 g/mol. The second-order valence-corrected chi connectivity index (χ2v) is 6.56. The number of hydrogen-bond donors (Lipinski definition) is 1. The van der Waals surface area contributed by atoms with Crippen molar-refractivity contribution in [2.45, 2.75) is 26.8 Å². The highest BCUT2D eigenvalue weighted by Crippen LogP contribution is 2.27. The summed E-state index contributed by atoms with van der Waals surface area (Å²) in [6, 6.07) is 12.3. The Balaban J connectivity index is 1.65. The molecule has 1 N–H and O–H groups in total. The number of nitrogens with zero attached hydrogens (tertiary/aromatic N) is 1. The van der Waals surface area contributed by atoms with Crippen LogP contribution >= 0.6 is 0 Å². The first-order valence-corrected chi connectivity index (χ1v) is 8.34. The maximum absolute atomic E-state index is 13.6. The molecule has 1 aliphatic heterocycles. The first-order valence-electron chi connectivity index (χ1n) is 8.34. The van der Waals surface area contributed by atoms with Crippen molar-refractivity contribution in [1.29, 1.82) is 0 Å². The van der Waals surface area contributed by atoms with E-state index in [0.717, 1.165) is 16.8 Å². The lowest BCUT2D eigenvalue weighted by Crippen LogP contribution is -2.32. The molecule has 1 heterocycles. The largest absolute Gasteiger partial charge is 0.352 e. The van der Waals surface area contributed by atoms with Crippen LogP contribution in [0.2, 0.25) is 0 Å². The van der Waals surface area contributed by atoms with E-state index in [4.69, 9.17) is 0 Å². The predicted molar refractivity (Wildman–Crippen MR) is 94.6 cm³/mol. The van der Waals surface area contributed by atoms with Crippen molar-refractivity contribution >= 4 is 17.5 Å².